The predicted octanol–water partition coefficient (Wildman–Crippen LogP) is 2.14. The zero-order valence-electron chi connectivity index (χ0n) is 11.5. The van der Waals surface area contributed by atoms with Gasteiger partial charge in [0, 0.05) is 18.4 Å². The topological polar surface area (TPSA) is 88.8 Å². The van der Waals surface area contributed by atoms with Crippen molar-refractivity contribution in [3.8, 4) is 0 Å². The van der Waals surface area contributed by atoms with Crippen molar-refractivity contribution in [2.75, 3.05) is 12.0 Å². The summed E-state index contributed by atoms with van der Waals surface area (Å²) in [5.41, 5.74) is 8.65. The molecule has 0 aliphatic carbocycles. The molecule has 0 radical (unpaired) electrons. The molecule has 3 aromatic rings. The Morgan fingerprint density at radius 2 is 1.86 bits per heavy atom. The van der Waals surface area contributed by atoms with E-state index >= 15 is 0 Å². The SMILES string of the molecule is CS(=O)(=O)c1cccc2[nH]c(Cc3ccc(N)cc3)nc12. The van der Waals surface area contributed by atoms with Crippen molar-refractivity contribution in [2.45, 2.75) is 11.3 Å². The average molecular weight is 301 g/mol. The third-order valence-corrected chi connectivity index (χ3v) is 4.40. The highest BCUT2D eigenvalue weighted by atomic mass is 32.2. The third-order valence-electron chi connectivity index (χ3n) is 3.28. The second-order valence-electron chi connectivity index (χ2n) is 5.03. The van der Waals surface area contributed by atoms with Gasteiger partial charge in [-0.2, -0.15) is 0 Å². The zero-order chi connectivity index (χ0) is 15.0. The first-order valence-corrected chi connectivity index (χ1v) is 8.35. The van der Waals surface area contributed by atoms with Gasteiger partial charge in [-0.3, -0.25) is 0 Å². The number of sulfone groups is 1. The lowest BCUT2D eigenvalue weighted by Crippen LogP contribution is -1.98. The van der Waals surface area contributed by atoms with E-state index < -0.39 is 9.84 Å². The molecule has 1 heterocycles. The summed E-state index contributed by atoms with van der Waals surface area (Å²) in [7, 11) is -3.29. The summed E-state index contributed by atoms with van der Waals surface area (Å²) >= 11 is 0. The van der Waals surface area contributed by atoms with Gasteiger partial charge >= 0.3 is 0 Å². The number of anilines is 1. The number of aromatic nitrogens is 2. The van der Waals surface area contributed by atoms with Gasteiger partial charge in [-0.15, -0.1) is 0 Å². The van der Waals surface area contributed by atoms with Crippen LogP contribution in [-0.4, -0.2) is 24.6 Å². The molecule has 1 aromatic heterocycles. The predicted molar refractivity (Wildman–Crippen MR) is 82.9 cm³/mol. The highest BCUT2D eigenvalue weighted by Crippen LogP contribution is 2.22. The molecule has 6 heteroatoms. The van der Waals surface area contributed by atoms with Crippen molar-refractivity contribution in [3.63, 3.8) is 0 Å². The van der Waals surface area contributed by atoms with Crippen molar-refractivity contribution in [1.29, 1.82) is 0 Å². The summed E-state index contributed by atoms with van der Waals surface area (Å²) in [6, 6.07) is 12.6. The number of nitrogens with one attached hydrogen (secondary N) is 1. The molecule has 0 bridgehead atoms. The van der Waals surface area contributed by atoms with Gasteiger partial charge in [0.1, 0.15) is 11.3 Å². The van der Waals surface area contributed by atoms with Crippen molar-refractivity contribution < 1.29 is 8.42 Å². The Balaban J connectivity index is 2.03. The van der Waals surface area contributed by atoms with E-state index in [0.29, 0.717) is 17.6 Å². The first kappa shape index (κ1) is 13.6. The molecule has 0 amide bonds. The molecule has 0 spiro atoms. The van der Waals surface area contributed by atoms with Gasteiger partial charge in [0.05, 0.1) is 10.4 Å². The van der Waals surface area contributed by atoms with Crippen LogP contribution in [0.15, 0.2) is 47.4 Å². The minimum absolute atomic E-state index is 0.250. The highest BCUT2D eigenvalue weighted by Gasteiger charge is 2.15. The number of para-hydroxylation sites is 1. The highest BCUT2D eigenvalue weighted by molar-refractivity contribution is 7.91. The van der Waals surface area contributed by atoms with Crippen LogP contribution in [-0.2, 0) is 16.3 Å². The lowest BCUT2D eigenvalue weighted by Gasteiger charge is -1.99. The molecule has 108 valence electrons. The summed E-state index contributed by atoms with van der Waals surface area (Å²) in [6.45, 7) is 0. The van der Waals surface area contributed by atoms with Crippen molar-refractivity contribution >= 4 is 26.6 Å². The van der Waals surface area contributed by atoms with E-state index in [1.165, 1.54) is 6.26 Å². The van der Waals surface area contributed by atoms with Gasteiger partial charge in [0.15, 0.2) is 9.84 Å². The van der Waals surface area contributed by atoms with Gasteiger partial charge in [-0.05, 0) is 29.8 Å². The molecule has 0 saturated carbocycles. The lowest BCUT2D eigenvalue weighted by atomic mass is 10.1. The van der Waals surface area contributed by atoms with Gasteiger partial charge in [0.2, 0.25) is 0 Å². The molecule has 0 fully saturated rings. The Hall–Kier alpha value is -2.34. The van der Waals surface area contributed by atoms with E-state index in [9.17, 15) is 8.42 Å². The molecule has 3 N–H and O–H groups in total. The molecule has 0 aliphatic rings. The largest absolute Gasteiger partial charge is 0.399 e. The standard InChI is InChI=1S/C15H15N3O2S/c1-21(19,20)13-4-2-3-12-15(13)18-14(17-12)9-10-5-7-11(16)8-6-10/h2-8H,9,16H2,1H3,(H,17,18). The van der Waals surface area contributed by atoms with E-state index in [4.69, 9.17) is 5.73 Å². The number of fused-ring (bicyclic) bond motifs is 1. The van der Waals surface area contributed by atoms with Crippen LogP contribution in [0, 0.1) is 0 Å². The zero-order valence-corrected chi connectivity index (χ0v) is 12.3. The monoisotopic (exact) mass is 301 g/mol. The van der Waals surface area contributed by atoms with E-state index in [-0.39, 0.29) is 4.90 Å². The van der Waals surface area contributed by atoms with Gasteiger partial charge in [-0.1, -0.05) is 18.2 Å². The Labute approximate surface area is 122 Å². The van der Waals surface area contributed by atoms with Crippen LogP contribution in [0.5, 0.6) is 0 Å². The Kier molecular flexibility index (Phi) is 3.17. The molecule has 3 rings (SSSR count). The Bertz CT molecular complexity index is 896. The smallest absolute Gasteiger partial charge is 0.177 e. The summed E-state index contributed by atoms with van der Waals surface area (Å²) in [5, 5.41) is 0. The molecule has 2 aromatic carbocycles. The van der Waals surface area contributed by atoms with E-state index in [1.54, 1.807) is 12.1 Å². The van der Waals surface area contributed by atoms with E-state index in [0.717, 1.165) is 16.9 Å². The van der Waals surface area contributed by atoms with Crippen LogP contribution >= 0.6 is 0 Å². The lowest BCUT2D eigenvalue weighted by molar-refractivity contribution is 0.602. The summed E-state index contributed by atoms with van der Waals surface area (Å²) in [4.78, 5) is 7.85. The number of nitrogens with two attached hydrogens (primary N) is 1. The summed E-state index contributed by atoms with van der Waals surface area (Å²) < 4.78 is 23.6. The van der Waals surface area contributed by atoms with Crippen LogP contribution in [0.25, 0.3) is 11.0 Å². The second kappa shape index (κ2) is 4.89. The molecule has 21 heavy (non-hydrogen) atoms. The second-order valence-corrected chi connectivity index (χ2v) is 7.01. The minimum Gasteiger partial charge on any atom is -0.399 e. The minimum atomic E-state index is -3.29. The number of hydrogen-bond acceptors (Lipinski definition) is 4. The maximum atomic E-state index is 11.8. The number of imidazole rings is 1. The van der Waals surface area contributed by atoms with E-state index in [2.05, 4.69) is 9.97 Å². The van der Waals surface area contributed by atoms with Crippen LogP contribution < -0.4 is 5.73 Å². The molecule has 0 saturated heterocycles. The molecular weight excluding hydrogens is 286 g/mol. The first-order valence-electron chi connectivity index (χ1n) is 6.45. The van der Waals surface area contributed by atoms with Gasteiger partial charge in [-0.25, -0.2) is 13.4 Å². The Morgan fingerprint density at radius 1 is 1.14 bits per heavy atom. The maximum absolute atomic E-state index is 11.8. The number of H-pyrrole nitrogens is 1. The fourth-order valence-corrected chi connectivity index (χ4v) is 3.10. The van der Waals surface area contributed by atoms with Crippen LogP contribution in [0.4, 0.5) is 5.69 Å². The normalized spacial score (nSPS) is 11.9. The number of aromatic amines is 1. The van der Waals surface area contributed by atoms with Gasteiger partial charge in [0.25, 0.3) is 0 Å². The fourth-order valence-electron chi connectivity index (χ4n) is 2.27. The molecule has 5 nitrogen and oxygen atoms in total. The molecule has 0 unspecified atom stereocenters. The Morgan fingerprint density at radius 3 is 2.52 bits per heavy atom. The number of nitrogens with zero attached hydrogens (tertiary/aromatic N) is 1. The maximum Gasteiger partial charge on any atom is 0.177 e. The number of rotatable bonds is 3. The van der Waals surface area contributed by atoms with Crippen LogP contribution in [0.1, 0.15) is 11.4 Å². The number of hydrogen-bond donors (Lipinski definition) is 2. The van der Waals surface area contributed by atoms with Gasteiger partial charge < -0.3 is 10.7 Å². The molecule has 0 aliphatic heterocycles. The number of nitrogen functional groups attached to an aromatic ring is 1. The summed E-state index contributed by atoms with van der Waals surface area (Å²) in [5.74, 6) is 0.728. The first-order chi connectivity index (χ1) is 9.93. The van der Waals surface area contributed by atoms with Crippen molar-refractivity contribution in [2.24, 2.45) is 0 Å². The quantitative estimate of drug-likeness (QED) is 0.725. The molecule has 0 atom stereocenters. The van der Waals surface area contributed by atoms with Crippen molar-refractivity contribution in [3.05, 3.63) is 53.9 Å². The average Bonchev–Trinajstić information content (AvgIpc) is 2.82. The third kappa shape index (κ3) is 2.75. The van der Waals surface area contributed by atoms with Crippen LogP contribution in [0.3, 0.4) is 0 Å². The summed E-state index contributed by atoms with van der Waals surface area (Å²) in [6.07, 6.45) is 1.79. The van der Waals surface area contributed by atoms with Crippen molar-refractivity contribution in [1.82, 2.24) is 9.97 Å². The number of benzene rings is 2. The molecular formula is C15H15N3O2S. The van der Waals surface area contributed by atoms with Crippen LogP contribution in [0.2, 0.25) is 0 Å². The fraction of sp³-hybridized carbons (Fsp3) is 0.133. The van der Waals surface area contributed by atoms with E-state index in [1.807, 2.05) is 30.3 Å².